The fourth-order valence-corrected chi connectivity index (χ4v) is 5.68. The van der Waals surface area contributed by atoms with Gasteiger partial charge in [-0.25, -0.2) is 0 Å². The number of ether oxygens (including phenoxy) is 1. The molecule has 2 aromatic carbocycles. The number of carbonyl (C=O) groups excluding carboxylic acids is 3. The maximum Gasteiger partial charge on any atom is 0.311 e. The Kier molecular flexibility index (Phi) is 8.90. The van der Waals surface area contributed by atoms with E-state index in [4.69, 9.17) is 15.9 Å². The molecule has 2 amide bonds. The third kappa shape index (κ3) is 6.89. The smallest absolute Gasteiger partial charge is 0.311 e. The Hall–Kier alpha value is -4.58. The summed E-state index contributed by atoms with van der Waals surface area (Å²) in [7, 11) is 0. The average Bonchev–Trinajstić information content (AvgIpc) is 3.33. The molecule has 11 nitrogen and oxygen atoms in total. The summed E-state index contributed by atoms with van der Waals surface area (Å²) < 4.78 is 5.04. The SMILES string of the molecule is CCOC(=O)Cc1cc2c(s1)CCN(C(=O)[C@H](Cc1cccc([N+](=O)[O-])c1)NC(=O)c1ccc(C(=N)N)cc1)C2. The van der Waals surface area contributed by atoms with Gasteiger partial charge in [0.05, 0.1) is 18.0 Å². The molecule has 1 aliphatic heterocycles. The minimum absolute atomic E-state index is 0.0544. The van der Waals surface area contributed by atoms with Crippen molar-refractivity contribution in [2.45, 2.75) is 38.8 Å². The van der Waals surface area contributed by atoms with E-state index in [0.717, 1.165) is 15.3 Å². The lowest BCUT2D eigenvalue weighted by Gasteiger charge is -2.31. The molecule has 1 aliphatic rings. The maximum atomic E-state index is 13.8. The van der Waals surface area contributed by atoms with Crippen molar-refractivity contribution in [3.05, 3.63) is 96.7 Å². The van der Waals surface area contributed by atoms with E-state index in [1.54, 1.807) is 36.1 Å². The highest BCUT2D eigenvalue weighted by Crippen LogP contribution is 2.29. The summed E-state index contributed by atoms with van der Waals surface area (Å²) in [6, 6.07) is 13.0. The van der Waals surface area contributed by atoms with E-state index < -0.39 is 16.9 Å². The van der Waals surface area contributed by atoms with Crippen molar-refractivity contribution in [3.63, 3.8) is 0 Å². The molecule has 0 spiro atoms. The number of hydrogen-bond donors (Lipinski definition) is 3. The number of nitrogens with one attached hydrogen (secondary N) is 2. The minimum Gasteiger partial charge on any atom is -0.466 e. The first-order chi connectivity index (χ1) is 19.1. The van der Waals surface area contributed by atoms with Gasteiger partial charge in [0.15, 0.2) is 0 Å². The molecule has 40 heavy (non-hydrogen) atoms. The zero-order chi connectivity index (χ0) is 28.8. The number of esters is 1. The molecule has 2 heterocycles. The number of carbonyl (C=O) groups is 3. The predicted octanol–water partition coefficient (Wildman–Crippen LogP) is 2.97. The molecule has 0 saturated heterocycles. The molecule has 1 atom stereocenters. The Labute approximate surface area is 234 Å². The molecule has 3 aromatic rings. The number of non-ortho nitro benzene ring substituents is 1. The van der Waals surface area contributed by atoms with E-state index in [1.165, 1.54) is 35.6 Å². The summed E-state index contributed by atoms with van der Waals surface area (Å²) in [5, 5.41) is 21.6. The number of benzene rings is 2. The topological polar surface area (TPSA) is 169 Å². The van der Waals surface area contributed by atoms with E-state index >= 15 is 0 Å². The Morgan fingerprint density at radius 1 is 1.18 bits per heavy atom. The second kappa shape index (κ2) is 12.5. The third-order valence-corrected chi connectivity index (χ3v) is 7.71. The van der Waals surface area contributed by atoms with Crippen LogP contribution >= 0.6 is 11.3 Å². The van der Waals surface area contributed by atoms with E-state index in [0.29, 0.717) is 37.2 Å². The van der Waals surface area contributed by atoms with Gasteiger partial charge in [0, 0.05) is 52.5 Å². The molecule has 4 N–H and O–H groups in total. The largest absolute Gasteiger partial charge is 0.466 e. The first-order valence-electron chi connectivity index (χ1n) is 12.7. The number of amidine groups is 1. The summed E-state index contributed by atoms with van der Waals surface area (Å²) >= 11 is 1.53. The number of nitro benzene ring substituents is 1. The van der Waals surface area contributed by atoms with Gasteiger partial charge < -0.3 is 20.7 Å². The van der Waals surface area contributed by atoms with Gasteiger partial charge in [-0.15, -0.1) is 11.3 Å². The highest BCUT2D eigenvalue weighted by atomic mass is 32.1. The molecular formula is C28H29N5O6S. The zero-order valence-electron chi connectivity index (χ0n) is 21.8. The lowest BCUT2D eigenvalue weighted by molar-refractivity contribution is -0.384. The van der Waals surface area contributed by atoms with Gasteiger partial charge in [0.1, 0.15) is 11.9 Å². The van der Waals surface area contributed by atoms with Crippen LogP contribution in [0.2, 0.25) is 0 Å². The molecule has 0 unspecified atom stereocenters. The Morgan fingerprint density at radius 3 is 2.58 bits per heavy atom. The van der Waals surface area contributed by atoms with Gasteiger partial charge in [0.2, 0.25) is 5.91 Å². The van der Waals surface area contributed by atoms with Crippen molar-refractivity contribution < 1.29 is 24.0 Å². The number of nitrogens with zero attached hydrogens (tertiary/aromatic N) is 2. The van der Waals surface area contributed by atoms with Gasteiger partial charge in [-0.1, -0.05) is 24.3 Å². The van der Waals surface area contributed by atoms with Crippen LogP contribution in [0.1, 0.15) is 43.7 Å². The van der Waals surface area contributed by atoms with Gasteiger partial charge in [-0.3, -0.25) is 29.9 Å². The number of rotatable bonds is 10. The standard InChI is InChI=1S/C28H29N5O6S/c1-2-39-25(34)15-22-14-20-16-32(11-10-24(20)40-22)28(36)23(13-17-4-3-5-21(12-17)33(37)38)31-27(35)19-8-6-18(7-9-19)26(29)30/h3-9,12,14,23H,2,10-11,13,15-16H2,1H3,(H3,29,30)(H,31,35)/t23-/m0/s1. The summed E-state index contributed by atoms with van der Waals surface area (Å²) in [6.45, 7) is 2.82. The van der Waals surface area contributed by atoms with Gasteiger partial charge in [-0.05, 0) is 42.7 Å². The number of thiophene rings is 1. The van der Waals surface area contributed by atoms with E-state index in [1.807, 2.05) is 6.07 Å². The predicted molar refractivity (Wildman–Crippen MR) is 149 cm³/mol. The third-order valence-electron chi connectivity index (χ3n) is 6.48. The van der Waals surface area contributed by atoms with Crippen LogP contribution in [0.15, 0.2) is 54.6 Å². The summed E-state index contributed by atoms with van der Waals surface area (Å²) in [5.74, 6) is -1.24. The fraction of sp³-hybridized carbons (Fsp3) is 0.286. The van der Waals surface area contributed by atoms with Crippen LogP contribution in [0.3, 0.4) is 0 Å². The van der Waals surface area contributed by atoms with Crippen LogP contribution in [0.25, 0.3) is 0 Å². The number of hydrogen-bond acceptors (Lipinski definition) is 8. The number of amides is 2. The molecule has 4 rings (SSSR count). The van der Waals surface area contributed by atoms with Crippen LogP contribution in [0.5, 0.6) is 0 Å². The Balaban J connectivity index is 1.54. The van der Waals surface area contributed by atoms with Crippen molar-refractivity contribution >= 4 is 40.6 Å². The first-order valence-corrected chi connectivity index (χ1v) is 13.5. The quantitative estimate of drug-likeness (QED) is 0.112. The van der Waals surface area contributed by atoms with Gasteiger partial charge >= 0.3 is 5.97 Å². The molecule has 0 bridgehead atoms. The normalized spacial score (nSPS) is 13.2. The minimum atomic E-state index is -0.985. The highest BCUT2D eigenvalue weighted by Gasteiger charge is 2.30. The van der Waals surface area contributed by atoms with Gasteiger partial charge in [0.25, 0.3) is 11.6 Å². The number of nitro groups is 1. The first kappa shape index (κ1) is 28.4. The van der Waals surface area contributed by atoms with Crippen molar-refractivity contribution in [2.24, 2.45) is 5.73 Å². The molecule has 0 radical (unpaired) electrons. The van der Waals surface area contributed by atoms with Crippen molar-refractivity contribution in [3.8, 4) is 0 Å². The molecule has 1 aromatic heterocycles. The van der Waals surface area contributed by atoms with Crippen molar-refractivity contribution in [1.82, 2.24) is 10.2 Å². The summed E-state index contributed by atoms with van der Waals surface area (Å²) in [6.07, 6.45) is 0.838. The lowest BCUT2D eigenvalue weighted by Crippen LogP contribution is -2.50. The van der Waals surface area contributed by atoms with Crippen molar-refractivity contribution in [2.75, 3.05) is 13.2 Å². The Bertz CT molecular complexity index is 1450. The van der Waals surface area contributed by atoms with Crippen LogP contribution < -0.4 is 11.1 Å². The molecule has 0 fully saturated rings. The molecule has 0 aliphatic carbocycles. The fourth-order valence-electron chi connectivity index (χ4n) is 4.52. The lowest BCUT2D eigenvalue weighted by atomic mass is 10.0. The molecule has 12 heteroatoms. The number of nitrogens with two attached hydrogens (primary N) is 1. The number of nitrogen functional groups attached to an aromatic ring is 1. The summed E-state index contributed by atoms with van der Waals surface area (Å²) in [5.41, 5.74) is 7.61. The monoisotopic (exact) mass is 563 g/mol. The zero-order valence-corrected chi connectivity index (χ0v) is 22.7. The average molecular weight is 564 g/mol. The number of fused-ring (bicyclic) bond motifs is 1. The van der Waals surface area contributed by atoms with E-state index in [-0.39, 0.29) is 41.8 Å². The van der Waals surface area contributed by atoms with Gasteiger partial charge in [-0.2, -0.15) is 0 Å². The highest BCUT2D eigenvalue weighted by molar-refractivity contribution is 7.12. The Morgan fingerprint density at radius 2 is 1.90 bits per heavy atom. The second-order valence-electron chi connectivity index (χ2n) is 9.30. The second-order valence-corrected chi connectivity index (χ2v) is 10.5. The maximum absolute atomic E-state index is 13.8. The van der Waals surface area contributed by atoms with Crippen LogP contribution in [-0.4, -0.2) is 52.6 Å². The molecule has 0 saturated carbocycles. The van der Waals surface area contributed by atoms with E-state index in [2.05, 4.69) is 5.32 Å². The van der Waals surface area contributed by atoms with Crippen LogP contribution in [0, 0.1) is 15.5 Å². The molecular weight excluding hydrogens is 534 g/mol. The van der Waals surface area contributed by atoms with Crippen LogP contribution in [0.4, 0.5) is 5.69 Å². The van der Waals surface area contributed by atoms with Crippen molar-refractivity contribution in [1.29, 1.82) is 5.41 Å². The molecule has 208 valence electrons. The van der Waals surface area contributed by atoms with E-state index in [9.17, 15) is 24.5 Å². The van der Waals surface area contributed by atoms with Crippen LogP contribution in [-0.2, 0) is 40.1 Å². The summed E-state index contributed by atoms with van der Waals surface area (Å²) in [4.78, 5) is 53.2.